The van der Waals surface area contributed by atoms with Crippen molar-refractivity contribution in [2.45, 2.75) is 10.8 Å². The van der Waals surface area contributed by atoms with E-state index in [1.54, 1.807) is 0 Å². The lowest BCUT2D eigenvalue weighted by molar-refractivity contribution is 0.768. The van der Waals surface area contributed by atoms with Crippen molar-refractivity contribution in [3.63, 3.8) is 0 Å². The van der Waals surface area contributed by atoms with Gasteiger partial charge >= 0.3 is 0 Å². The van der Waals surface area contributed by atoms with E-state index in [0.717, 1.165) is 56.4 Å². The molecular formula is C108H72N2. The largest absolute Gasteiger partial charge is 0.310 e. The number of hydrogen-bond acceptors (Lipinski definition) is 2. The highest BCUT2D eigenvalue weighted by Gasteiger charge is 2.49. The summed E-state index contributed by atoms with van der Waals surface area (Å²) >= 11 is 0. The van der Waals surface area contributed by atoms with Crippen LogP contribution in [0.5, 0.6) is 0 Å². The molecule has 0 N–H and O–H groups in total. The van der Waals surface area contributed by atoms with E-state index in [0.29, 0.717) is 0 Å². The smallest absolute Gasteiger partial charge is 0.0714 e. The third kappa shape index (κ3) is 10.2. The van der Waals surface area contributed by atoms with Crippen LogP contribution in [0.25, 0.3) is 110 Å². The number of anilines is 6. The third-order valence-electron chi connectivity index (χ3n) is 23.6. The van der Waals surface area contributed by atoms with Gasteiger partial charge in [0.05, 0.1) is 22.2 Å². The molecule has 0 heterocycles. The number of rotatable bonds is 14. The zero-order chi connectivity index (χ0) is 72.7. The molecular weight excluding hydrogens is 1330 g/mol. The molecule has 19 aromatic rings. The summed E-state index contributed by atoms with van der Waals surface area (Å²) in [4.78, 5) is 4.93. The van der Waals surface area contributed by atoms with Gasteiger partial charge in [0.15, 0.2) is 0 Å². The standard InChI is InChI=1S/C108H72N2/c1-5-29-73(30-6-1)74-57-63-85(64-58-74)109(103-71-79-31-13-15-43-89(79)93-45-17-19-47-95(93)103)86-65-59-75(60-66-86)92-52-28-56-102-106(92)98-50-22-24-54-100(98)108(102,83-39-11-4-12-40-83)84-41-25-33-77(69-84)78-34-26-42-88(70-78)110(104-72-80-32-14-16-44-90(80)94-46-18-20-48-96(94)104)87-67-61-76(62-68-87)91-51-27-55-101-105(91)97-49-21-23-53-99(97)107(101,81-35-7-2-8-36-81)82-37-9-3-10-38-82/h1-72H. The summed E-state index contributed by atoms with van der Waals surface area (Å²) in [5.41, 5.74) is 29.8. The predicted molar refractivity (Wildman–Crippen MR) is 462 cm³/mol. The fraction of sp³-hybridized carbons (Fsp3) is 0.0185. The van der Waals surface area contributed by atoms with E-state index in [9.17, 15) is 0 Å². The molecule has 0 fully saturated rings. The molecule has 0 aromatic heterocycles. The quantitative estimate of drug-likeness (QED) is 0.100. The van der Waals surface area contributed by atoms with Crippen LogP contribution in [0.4, 0.5) is 34.1 Å². The summed E-state index contributed by atoms with van der Waals surface area (Å²) in [6.07, 6.45) is 0. The maximum absolute atomic E-state index is 2.49. The van der Waals surface area contributed by atoms with Crippen LogP contribution in [0.1, 0.15) is 44.5 Å². The second-order valence-corrected chi connectivity index (χ2v) is 29.3. The Hall–Kier alpha value is -14.2. The molecule has 0 spiro atoms. The Morgan fingerprint density at radius 2 is 0.473 bits per heavy atom. The van der Waals surface area contributed by atoms with Gasteiger partial charge in [-0.3, -0.25) is 0 Å². The second kappa shape index (κ2) is 26.4. The van der Waals surface area contributed by atoms with Gasteiger partial charge in [-0.1, -0.05) is 370 Å². The molecule has 0 aliphatic heterocycles. The fourth-order valence-electron chi connectivity index (χ4n) is 18.8. The van der Waals surface area contributed by atoms with Gasteiger partial charge in [0.1, 0.15) is 0 Å². The fourth-order valence-corrected chi connectivity index (χ4v) is 18.8. The van der Waals surface area contributed by atoms with Gasteiger partial charge in [-0.25, -0.2) is 0 Å². The van der Waals surface area contributed by atoms with Crippen molar-refractivity contribution in [1.29, 1.82) is 0 Å². The Morgan fingerprint density at radius 3 is 0.945 bits per heavy atom. The van der Waals surface area contributed by atoms with Crippen molar-refractivity contribution in [3.8, 4) is 66.8 Å². The summed E-state index contributed by atoms with van der Waals surface area (Å²) in [7, 11) is 0. The highest BCUT2D eigenvalue weighted by molar-refractivity contribution is 6.16. The molecule has 1 atom stereocenters. The first kappa shape index (κ1) is 64.2. The molecule has 2 heteroatoms. The van der Waals surface area contributed by atoms with Gasteiger partial charge in [-0.2, -0.15) is 0 Å². The summed E-state index contributed by atoms with van der Waals surface area (Å²) in [6, 6.07) is 163. The number of nitrogens with zero attached hydrogens (tertiary/aromatic N) is 2. The molecule has 110 heavy (non-hydrogen) atoms. The normalized spacial score (nSPS) is 13.7. The van der Waals surface area contributed by atoms with E-state index in [1.807, 2.05) is 0 Å². The minimum Gasteiger partial charge on any atom is -0.310 e. The van der Waals surface area contributed by atoms with Crippen molar-refractivity contribution in [1.82, 2.24) is 0 Å². The summed E-state index contributed by atoms with van der Waals surface area (Å²) < 4.78 is 0. The Labute approximate surface area is 641 Å². The summed E-state index contributed by atoms with van der Waals surface area (Å²) in [5.74, 6) is 0. The van der Waals surface area contributed by atoms with E-state index in [-0.39, 0.29) is 0 Å². The van der Waals surface area contributed by atoms with Crippen LogP contribution >= 0.6 is 0 Å². The van der Waals surface area contributed by atoms with E-state index in [1.165, 1.54) is 132 Å². The Morgan fingerprint density at radius 1 is 0.164 bits per heavy atom. The van der Waals surface area contributed by atoms with Crippen molar-refractivity contribution >= 4 is 77.2 Å². The minimum absolute atomic E-state index is 0.505. The second-order valence-electron chi connectivity index (χ2n) is 29.3. The summed E-state index contributed by atoms with van der Waals surface area (Å²) in [5, 5.41) is 9.68. The predicted octanol–water partition coefficient (Wildman–Crippen LogP) is 28.6. The van der Waals surface area contributed by atoms with Gasteiger partial charge in [0.2, 0.25) is 0 Å². The molecule has 1 unspecified atom stereocenters. The van der Waals surface area contributed by atoms with E-state index >= 15 is 0 Å². The van der Waals surface area contributed by atoms with E-state index in [2.05, 4.69) is 447 Å². The maximum atomic E-state index is 2.49. The van der Waals surface area contributed by atoms with E-state index < -0.39 is 10.8 Å². The molecule has 514 valence electrons. The monoisotopic (exact) mass is 1400 g/mol. The molecule has 2 nitrogen and oxygen atoms in total. The highest BCUT2D eigenvalue weighted by Crippen LogP contribution is 2.61. The first-order chi connectivity index (χ1) is 54.6. The van der Waals surface area contributed by atoms with Crippen molar-refractivity contribution < 1.29 is 0 Å². The van der Waals surface area contributed by atoms with E-state index in [4.69, 9.17) is 0 Å². The zero-order valence-corrected chi connectivity index (χ0v) is 60.5. The number of hydrogen-bond donors (Lipinski definition) is 0. The molecule has 0 saturated heterocycles. The first-order valence-corrected chi connectivity index (χ1v) is 38.2. The van der Waals surface area contributed by atoms with Crippen LogP contribution in [-0.4, -0.2) is 0 Å². The number of benzene rings is 19. The first-order valence-electron chi connectivity index (χ1n) is 38.2. The molecule has 19 aromatic carbocycles. The Balaban J connectivity index is 0.689. The molecule has 0 saturated carbocycles. The van der Waals surface area contributed by atoms with Crippen molar-refractivity contribution in [2.24, 2.45) is 0 Å². The van der Waals surface area contributed by atoms with Crippen molar-refractivity contribution in [2.75, 3.05) is 9.80 Å². The van der Waals surface area contributed by atoms with Crippen LogP contribution in [-0.2, 0) is 10.8 Å². The molecule has 0 radical (unpaired) electrons. The number of fused-ring (bicyclic) bond motifs is 12. The molecule has 0 amide bonds. The van der Waals surface area contributed by atoms with Gasteiger partial charge in [-0.15, -0.1) is 0 Å². The Kier molecular flexibility index (Phi) is 15.4. The van der Waals surface area contributed by atoms with Crippen LogP contribution in [0.15, 0.2) is 437 Å². The molecule has 2 aliphatic carbocycles. The zero-order valence-electron chi connectivity index (χ0n) is 60.5. The van der Waals surface area contributed by atoms with Gasteiger partial charge in [-0.05, 0) is 210 Å². The lowest BCUT2D eigenvalue weighted by Gasteiger charge is -2.34. The van der Waals surface area contributed by atoms with Crippen molar-refractivity contribution in [3.05, 3.63) is 481 Å². The molecule has 21 rings (SSSR count). The molecule has 0 bridgehead atoms. The molecule has 2 aliphatic rings. The van der Waals surface area contributed by atoms with Gasteiger partial charge in [0.25, 0.3) is 0 Å². The topological polar surface area (TPSA) is 6.48 Å². The van der Waals surface area contributed by atoms with Gasteiger partial charge in [0, 0.05) is 33.5 Å². The summed E-state index contributed by atoms with van der Waals surface area (Å²) in [6.45, 7) is 0. The third-order valence-corrected chi connectivity index (χ3v) is 23.6. The van der Waals surface area contributed by atoms with Crippen LogP contribution < -0.4 is 9.80 Å². The lowest BCUT2D eigenvalue weighted by Crippen LogP contribution is -2.28. The lowest BCUT2D eigenvalue weighted by atomic mass is 9.67. The van der Waals surface area contributed by atoms with Crippen LogP contribution in [0, 0.1) is 0 Å². The SMILES string of the molecule is c1ccc(-c2ccc(N(c3ccc(-c4cccc5c4-c4ccccc4C5(c4ccccc4)c4cccc(-c5cccc(N(c6ccc(-c7cccc8c7-c7ccccc7C8(c7ccccc7)c7ccccc7)cc6)c6cc7ccccc7c7ccccc67)c5)c4)cc3)c3cc4ccccc4c4ccccc34)cc2)cc1. The van der Waals surface area contributed by atoms with Crippen LogP contribution in [0.2, 0.25) is 0 Å². The maximum Gasteiger partial charge on any atom is 0.0714 e. The van der Waals surface area contributed by atoms with Crippen LogP contribution in [0.3, 0.4) is 0 Å². The minimum atomic E-state index is -0.681. The average Bonchev–Trinajstić information content (AvgIpc) is 1.53. The average molecular weight is 1400 g/mol. The van der Waals surface area contributed by atoms with Gasteiger partial charge < -0.3 is 9.80 Å². The Bertz CT molecular complexity index is 6710. The highest BCUT2D eigenvalue weighted by atomic mass is 15.1.